The highest BCUT2D eigenvalue weighted by atomic mass is 32.1. The Morgan fingerprint density at radius 1 is 1.19 bits per heavy atom. The Hall–Kier alpha value is -3.17. The predicted octanol–water partition coefficient (Wildman–Crippen LogP) is 2.98. The summed E-state index contributed by atoms with van der Waals surface area (Å²) in [4.78, 5) is 16.3. The predicted molar refractivity (Wildman–Crippen MR) is 107 cm³/mol. The molecule has 4 rings (SSSR count). The number of para-hydroxylation sites is 2. The van der Waals surface area contributed by atoms with Gasteiger partial charge in [-0.05, 0) is 29.8 Å². The van der Waals surface area contributed by atoms with Crippen LogP contribution in [0.4, 0.5) is 5.69 Å². The first-order chi connectivity index (χ1) is 13.2. The lowest BCUT2D eigenvalue weighted by Crippen LogP contribution is -2.32. The van der Waals surface area contributed by atoms with Crippen LogP contribution in [-0.4, -0.2) is 29.8 Å². The molecule has 0 aliphatic carbocycles. The largest absolute Gasteiger partial charge is 0.494 e. The molecule has 1 aliphatic rings. The number of benzene rings is 2. The average molecular weight is 378 g/mol. The first-order valence-corrected chi connectivity index (χ1v) is 9.46. The van der Waals surface area contributed by atoms with Gasteiger partial charge >= 0.3 is 4.87 Å². The van der Waals surface area contributed by atoms with Crippen LogP contribution in [0.2, 0.25) is 0 Å². The van der Waals surface area contributed by atoms with E-state index in [1.165, 1.54) is 0 Å². The van der Waals surface area contributed by atoms with E-state index in [-0.39, 0.29) is 10.8 Å². The standard InChI is InChI=1S/C21H18N2O3S/c24-20-19(27-21(25)22-20)14-16-9-7-15(8-10-16)4-3-11-23-12-13-26-18-6-2-1-5-17(18)23/h1-2,5-10,24H,11-14H2,(H,22,25). The van der Waals surface area contributed by atoms with Gasteiger partial charge in [-0.2, -0.15) is 0 Å². The van der Waals surface area contributed by atoms with Crippen LogP contribution < -0.4 is 14.5 Å². The minimum absolute atomic E-state index is 0.0420. The zero-order valence-corrected chi connectivity index (χ0v) is 15.4. The fourth-order valence-corrected chi connectivity index (χ4v) is 3.75. The monoisotopic (exact) mass is 378 g/mol. The fourth-order valence-electron chi connectivity index (χ4n) is 2.99. The quantitative estimate of drug-likeness (QED) is 0.688. The summed E-state index contributed by atoms with van der Waals surface area (Å²) in [6.07, 6.45) is 0.521. The van der Waals surface area contributed by atoms with Crippen molar-refractivity contribution >= 4 is 17.0 Å². The Kier molecular flexibility index (Phi) is 4.86. The number of hydrogen-bond donors (Lipinski definition) is 2. The van der Waals surface area contributed by atoms with Crippen molar-refractivity contribution in [3.8, 4) is 23.5 Å². The Balaban J connectivity index is 1.41. The molecule has 0 unspecified atom stereocenters. The summed E-state index contributed by atoms with van der Waals surface area (Å²) < 4.78 is 5.66. The second kappa shape index (κ2) is 7.60. The van der Waals surface area contributed by atoms with Crippen LogP contribution in [-0.2, 0) is 6.42 Å². The minimum atomic E-state index is -0.241. The summed E-state index contributed by atoms with van der Waals surface area (Å²) in [5, 5.41) is 9.68. The molecule has 136 valence electrons. The molecule has 0 atom stereocenters. The Labute approximate surface area is 160 Å². The van der Waals surface area contributed by atoms with Gasteiger partial charge in [-0.3, -0.25) is 9.78 Å². The topological polar surface area (TPSA) is 65.6 Å². The van der Waals surface area contributed by atoms with Gasteiger partial charge in [0.2, 0.25) is 5.88 Å². The number of rotatable bonds is 3. The van der Waals surface area contributed by atoms with Crippen molar-refractivity contribution in [2.24, 2.45) is 0 Å². The number of thiazole rings is 1. The maximum atomic E-state index is 11.3. The lowest BCUT2D eigenvalue weighted by atomic mass is 10.1. The van der Waals surface area contributed by atoms with Gasteiger partial charge in [-0.1, -0.05) is 47.4 Å². The highest BCUT2D eigenvalue weighted by molar-refractivity contribution is 7.09. The number of fused-ring (bicyclic) bond motifs is 1. The molecule has 0 spiro atoms. The van der Waals surface area contributed by atoms with Gasteiger partial charge in [-0.15, -0.1) is 0 Å². The van der Waals surface area contributed by atoms with Crippen LogP contribution in [0.3, 0.4) is 0 Å². The number of ether oxygens (including phenoxy) is 1. The molecule has 0 radical (unpaired) electrons. The van der Waals surface area contributed by atoms with E-state index in [1.807, 2.05) is 42.5 Å². The molecule has 0 fully saturated rings. The highest BCUT2D eigenvalue weighted by Gasteiger charge is 2.15. The van der Waals surface area contributed by atoms with Crippen molar-refractivity contribution < 1.29 is 9.84 Å². The first kappa shape index (κ1) is 17.3. The van der Waals surface area contributed by atoms with Gasteiger partial charge < -0.3 is 14.7 Å². The molecule has 3 aromatic rings. The van der Waals surface area contributed by atoms with Crippen molar-refractivity contribution in [1.82, 2.24) is 4.98 Å². The van der Waals surface area contributed by atoms with Crippen molar-refractivity contribution in [3.05, 3.63) is 74.2 Å². The molecule has 5 nitrogen and oxygen atoms in total. The lowest BCUT2D eigenvalue weighted by Gasteiger charge is -2.29. The number of nitrogens with zero attached hydrogens (tertiary/aromatic N) is 1. The Morgan fingerprint density at radius 3 is 2.78 bits per heavy atom. The highest BCUT2D eigenvalue weighted by Crippen LogP contribution is 2.30. The van der Waals surface area contributed by atoms with Gasteiger partial charge in [0.05, 0.1) is 23.7 Å². The number of aromatic amines is 1. The van der Waals surface area contributed by atoms with E-state index in [0.29, 0.717) is 24.4 Å². The van der Waals surface area contributed by atoms with Crippen LogP contribution in [0.25, 0.3) is 0 Å². The lowest BCUT2D eigenvalue weighted by molar-refractivity contribution is 0.310. The fraction of sp³-hybridized carbons (Fsp3) is 0.190. The number of hydrogen-bond acceptors (Lipinski definition) is 5. The number of aromatic nitrogens is 1. The number of aromatic hydroxyl groups is 1. The van der Waals surface area contributed by atoms with Crippen LogP contribution in [0.5, 0.6) is 11.6 Å². The molecule has 0 saturated carbocycles. The molecule has 2 aromatic carbocycles. The average Bonchev–Trinajstić information content (AvgIpc) is 3.00. The molecule has 0 amide bonds. The van der Waals surface area contributed by atoms with E-state index in [9.17, 15) is 9.90 Å². The van der Waals surface area contributed by atoms with Crippen molar-refractivity contribution in [2.75, 3.05) is 24.6 Å². The molecule has 0 bridgehead atoms. The SMILES string of the molecule is O=c1[nH]c(O)c(Cc2ccc(C#CCN3CCOc4ccccc43)cc2)s1. The van der Waals surface area contributed by atoms with E-state index in [0.717, 1.165) is 40.4 Å². The molecular formula is C21H18N2O3S. The number of nitrogens with one attached hydrogen (secondary N) is 1. The number of H-pyrrole nitrogens is 1. The van der Waals surface area contributed by atoms with Gasteiger partial charge in [0, 0.05) is 12.0 Å². The summed E-state index contributed by atoms with van der Waals surface area (Å²) in [6.45, 7) is 2.15. The van der Waals surface area contributed by atoms with Crippen molar-refractivity contribution in [3.63, 3.8) is 0 Å². The Bertz CT molecular complexity index is 1060. The smallest absolute Gasteiger partial charge is 0.307 e. The van der Waals surface area contributed by atoms with Crippen LogP contribution in [0.1, 0.15) is 16.0 Å². The third-order valence-corrected chi connectivity index (χ3v) is 5.22. The van der Waals surface area contributed by atoms with Crippen molar-refractivity contribution in [1.29, 1.82) is 0 Å². The molecule has 2 heterocycles. The molecule has 6 heteroatoms. The summed E-state index contributed by atoms with van der Waals surface area (Å²) in [5.74, 6) is 7.29. The van der Waals surface area contributed by atoms with E-state index in [2.05, 4.69) is 27.8 Å². The normalized spacial score (nSPS) is 12.7. The minimum Gasteiger partial charge on any atom is -0.494 e. The molecule has 1 aromatic heterocycles. The Morgan fingerprint density at radius 2 is 2.00 bits per heavy atom. The maximum Gasteiger partial charge on any atom is 0.307 e. The van der Waals surface area contributed by atoms with E-state index in [1.54, 1.807) is 0 Å². The van der Waals surface area contributed by atoms with Crippen LogP contribution in [0, 0.1) is 11.8 Å². The maximum absolute atomic E-state index is 11.3. The van der Waals surface area contributed by atoms with E-state index >= 15 is 0 Å². The van der Waals surface area contributed by atoms with Crippen LogP contribution in [0.15, 0.2) is 53.3 Å². The van der Waals surface area contributed by atoms with Crippen molar-refractivity contribution in [2.45, 2.75) is 6.42 Å². The number of anilines is 1. The van der Waals surface area contributed by atoms with E-state index < -0.39 is 0 Å². The summed E-state index contributed by atoms with van der Waals surface area (Å²) in [7, 11) is 0. The van der Waals surface area contributed by atoms with Crippen LogP contribution >= 0.6 is 11.3 Å². The second-order valence-electron chi connectivity index (χ2n) is 6.20. The molecule has 0 saturated heterocycles. The summed E-state index contributed by atoms with van der Waals surface area (Å²) in [5.41, 5.74) is 3.04. The molecular weight excluding hydrogens is 360 g/mol. The molecule has 27 heavy (non-hydrogen) atoms. The first-order valence-electron chi connectivity index (χ1n) is 8.64. The molecule has 1 aliphatic heterocycles. The summed E-state index contributed by atoms with van der Waals surface area (Å²) in [6, 6.07) is 15.9. The van der Waals surface area contributed by atoms with Gasteiger partial charge in [0.25, 0.3) is 0 Å². The third-order valence-electron chi connectivity index (χ3n) is 4.35. The third kappa shape index (κ3) is 3.99. The zero-order chi connectivity index (χ0) is 18.6. The molecule has 2 N–H and O–H groups in total. The van der Waals surface area contributed by atoms with Gasteiger partial charge in [0.1, 0.15) is 12.4 Å². The van der Waals surface area contributed by atoms with E-state index in [4.69, 9.17) is 4.74 Å². The second-order valence-corrected chi connectivity index (χ2v) is 7.27. The van der Waals surface area contributed by atoms with Gasteiger partial charge in [0.15, 0.2) is 0 Å². The summed E-state index contributed by atoms with van der Waals surface area (Å²) >= 11 is 1.03. The van der Waals surface area contributed by atoms with Gasteiger partial charge in [-0.25, -0.2) is 0 Å². The zero-order valence-electron chi connectivity index (χ0n) is 14.6.